The molecule has 2 aromatic rings. The molecule has 0 saturated heterocycles. The number of sulfone groups is 1. The average Bonchev–Trinajstić information content (AvgIpc) is 3.07. The van der Waals surface area contributed by atoms with E-state index in [1.54, 1.807) is 7.05 Å². The SMILES string of the molecule is COc1ccc(S(=O)(=O)N2CC=C(S(=O)(=O)c3cn(C)cn3)C=CN2C(=O)NO)cc1. The van der Waals surface area contributed by atoms with Crippen molar-refractivity contribution in [3.05, 3.63) is 60.0 Å². The van der Waals surface area contributed by atoms with Crippen molar-refractivity contribution < 1.29 is 31.6 Å². The number of sulfonamides is 1. The topological polar surface area (TPSA) is 151 Å². The Balaban J connectivity index is 2.05. The van der Waals surface area contributed by atoms with E-state index in [9.17, 15) is 21.6 Å². The first-order valence-electron chi connectivity index (χ1n) is 8.62. The Hall–Kier alpha value is -3.20. The number of ether oxygens (including phenoxy) is 1. The lowest BCUT2D eigenvalue weighted by molar-refractivity contribution is 0.0953. The minimum Gasteiger partial charge on any atom is -0.497 e. The van der Waals surface area contributed by atoms with Crippen molar-refractivity contribution in [2.75, 3.05) is 13.7 Å². The monoisotopic (exact) mass is 469 g/mol. The Kier molecular flexibility index (Phi) is 6.17. The molecular formula is C17H19N5O7S2. The molecule has 1 aliphatic heterocycles. The van der Waals surface area contributed by atoms with Crippen LogP contribution in [0.4, 0.5) is 4.79 Å². The Labute approximate surface area is 178 Å². The van der Waals surface area contributed by atoms with Crippen LogP contribution in [-0.2, 0) is 26.9 Å². The molecule has 0 radical (unpaired) electrons. The number of hydrogen-bond donors (Lipinski definition) is 2. The number of benzene rings is 1. The number of imidazole rings is 1. The van der Waals surface area contributed by atoms with Gasteiger partial charge in [0.2, 0.25) is 9.84 Å². The first-order valence-corrected chi connectivity index (χ1v) is 11.5. The van der Waals surface area contributed by atoms with E-state index in [1.165, 1.54) is 53.9 Å². The van der Waals surface area contributed by atoms with Crippen LogP contribution in [0.2, 0.25) is 0 Å². The smallest absolute Gasteiger partial charge is 0.360 e. The Morgan fingerprint density at radius 2 is 1.87 bits per heavy atom. The summed E-state index contributed by atoms with van der Waals surface area (Å²) in [7, 11) is -5.38. The molecule has 2 amide bonds. The number of hydrogen-bond acceptors (Lipinski definition) is 8. The summed E-state index contributed by atoms with van der Waals surface area (Å²) in [5.74, 6) is 0.420. The molecule has 0 unspecified atom stereocenters. The van der Waals surface area contributed by atoms with Gasteiger partial charge in [-0.05, 0) is 36.4 Å². The second kappa shape index (κ2) is 8.50. The van der Waals surface area contributed by atoms with Crippen LogP contribution in [-0.4, -0.2) is 60.7 Å². The molecule has 2 heterocycles. The Bertz CT molecular complexity index is 1250. The Morgan fingerprint density at radius 1 is 1.19 bits per heavy atom. The predicted octanol–water partition coefficient (Wildman–Crippen LogP) is 0.620. The summed E-state index contributed by atoms with van der Waals surface area (Å²) >= 11 is 0. The molecule has 0 atom stereocenters. The number of hydrazine groups is 1. The number of amides is 2. The molecule has 1 aromatic heterocycles. The molecular weight excluding hydrogens is 450 g/mol. The second-order valence-electron chi connectivity index (χ2n) is 6.25. The molecule has 3 rings (SSSR count). The summed E-state index contributed by atoms with van der Waals surface area (Å²) in [5.41, 5.74) is 1.34. The van der Waals surface area contributed by atoms with Gasteiger partial charge in [-0.3, -0.25) is 5.21 Å². The van der Waals surface area contributed by atoms with Crippen molar-refractivity contribution in [2.24, 2.45) is 7.05 Å². The number of aromatic nitrogens is 2. The maximum Gasteiger partial charge on any atom is 0.360 e. The van der Waals surface area contributed by atoms with E-state index >= 15 is 0 Å². The highest BCUT2D eigenvalue weighted by atomic mass is 32.2. The molecule has 1 aliphatic rings. The van der Waals surface area contributed by atoms with Crippen LogP contribution < -0.4 is 10.2 Å². The molecule has 0 fully saturated rings. The van der Waals surface area contributed by atoms with Crippen LogP contribution >= 0.6 is 0 Å². The van der Waals surface area contributed by atoms with E-state index in [0.29, 0.717) is 15.2 Å². The number of rotatable bonds is 5. The number of urea groups is 1. The molecule has 0 aliphatic carbocycles. The number of allylic oxidation sites excluding steroid dienone is 1. The lowest BCUT2D eigenvalue weighted by Gasteiger charge is -2.29. The van der Waals surface area contributed by atoms with Crippen LogP contribution in [0.5, 0.6) is 5.75 Å². The highest BCUT2D eigenvalue weighted by Crippen LogP contribution is 2.26. The fourth-order valence-electron chi connectivity index (χ4n) is 2.69. The minimum atomic E-state index is -4.32. The van der Waals surface area contributed by atoms with Gasteiger partial charge < -0.3 is 9.30 Å². The third kappa shape index (κ3) is 4.32. The molecule has 0 spiro atoms. The van der Waals surface area contributed by atoms with Crippen molar-refractivity contribution >= 4 is 25.9 Å². The van der Waals surface area contributed by atoms with Crippen molar-refractivity contribution in [1.82, 2.24) is 24.5 Å². The van der Waals surface area contributed by atoms with Gasteiger partial charge in [-0.25, -0.2) is 37.1 Å². The van der Waals surface area contributed by atoms with Gasteiger partial charge in [0.1, 0.15) is 5.75 Å². The number of methoxy groups -OCH3 is 1. The summed E-state index contributed by atoms with van der Waals surface area (Å²) in [5, 5.41) is 9.36. The van der Waals surface area contributed by atoms with Crippen molar-refractivity contribution in [1.29, 1.82) is 0 Å². The van der Waals surface area contributed by atoms with Crippen molar-refractivity contribution in [3.8, 4) is 5.75 Å². The summed E-state index contributed by atoms with van der Waals surface area (Å²) in [6.45, 7) is -0.518. The third-order valence-corrected chi connectivity index (χ3v) is 7.71. The summed E-state index contributed by atoms with van der Waals surface area (Å²) in [6, 6.07) is 4.17. The Morgan fingerprint density at radius 3 is 2.42 bits per heavy atom. The van der Waals surface area contributed by atoms with Gasteiger partial charge in [0.25, 0.3) is 10.0 Å². The zero-order valence-corrected chi connectivity index (χ0v) is 18.0. The van der Waals surface area contributed by atoms with Gasteiger partial charge in [0.15, 0.2) is 5.03 Å². The van der Waals surface area contributed by atoms with Gasteiger partial charge in [0.05, 0.1) is 29.8 Å². The first kappa shape index (κ1) is 22.5. The molecule has 14 heteroatoms. The van der Waals surface area contributed by atoms with E-state index < -0.39 is 32.4 Å². The summed E-state index contributed by atoms with van der Waals surface area (Å²) in [4.78, 5) is 15.5. The molecule has 31 heavy (non-hydrogen) atoms. The van der Waals surface area contributed by atoms with Gasteiger partial charge in [-0.15, -0.1) is 0 Å². The molecule has 166 valence electrons. The maximum atomic E-state index is 13.2. The standard InChI is InChI=1S/C17H19N5O7S2/c1-20-11-16(18-12-20)30(25,26)14-7-9-21(17(23)19-24)22(10-8-14)31(27,28)15-5-3-13(29-2)4-6-15/h3-9,11-12,24H,10H2,1-2H3,(H,19,23). The third-order valence-electron chi connectivity index (χ3n) is 4.27. The maximum absolute atomic E-state index is 13.2. The number of aryl methyl sites for hydroxylation is 1. The molecule has 12 nitrogen and oxygen atoms in total. The number of hydroxylamine groups is 1. The summed E-state index contributed by atoms with van der Waals surface area (Å²) < 4.78 is 59.1. The van der Waals surface area contributed by atoms with E-state index in [-0.39, 0.29) is 14.8 Å². The van der Waals surface area contributed by atoms with Crippen molar-refractivity contribution in [3.63, 3.8) is 0 Å². The fourth-order valence-corrected chi connectivity index (χ4v) is 5.31. The second-order valence-corrected chi connectivity index (χ2v) is 9.99. The van der Waals surface area contributed by atoms with Crippen LogP contribution in [0.15, 0.2) is 70.0 Å². The number of nitrogens with one attached hydrogen (secondary N) is 1. The quantitative estimate of drug-likeness (QED) is 0.478. The molecule has 1 aromatic carbocycles. The molecule has 0 saturated carbocycles. The van der Waals surface area contributed by atoms with E-state index in [1.807, 2.05) is 0 Å². The van der Waals surface area contributed by atoms with Gasteiger partial charge in [0, 0.05) is 19.4 Å². The van der Waals surface area contributed by atoms with Crippen molar-refractivity contribution in [2.45, 2.75) is 9.92 Å². The van der Waals surface area contributed by atoms with E-state index in [2.05, 4.69) is 4.98 Å². The zero-order chi connectivity index (χ0) is 22.8. The highest BCUT2D eigenvalue weighted by Gasteiger charge is 2.34. The van der Waals surface area contributed by atoms with E-state index in [4.69, 9.17) is 9.94 Å². The number of carbonyl (C=O) groups is 1. The summed E-state index contributed by atoms with van der Waals surface area (Å²) in [6.07, 6.45) is 5.69. The largest absolute Gasteiger partial charge is 0.497 e. The van der Waals surface area contributed by atoms with Crippen LogP contribution in [0.3, 0.4) is 0 Å². The van der Waals surface area contributed by atoms with Crippen LogP contribution in [0.25, 0.3) is 0 Å². The highest BCUT2D eigenvalue weighted by molar-refractivity contribution is 7.95. The lowest BCUT2D eigenvalue weighted by atomic mass is 10.3. The van der Waals surface area contributed by atoms with Gasteiger partial charge in [-0.1, -0.05) is 4.41 Å². The normalized spacial score (nSPS) is 15.3. The van der Waals surface area contributed by atoms with Gasteiger partial charge >= 0.3 is 6.03 Å². The number of carbonyl (C=O) groups excluding carboxylic acids is 1. The first-order chi connectivity index (χ1) is 14.6. The molecule has 0 bridgehead atoms. The predicted molar refractivity (Wildman–Crippen MR) is 107 cm³/mol. The van der Waals surface area contributed by atoms with Gasteiger partial charge in [-0.2, -0.15) is 0 Å². The minimum absolute atomic E-state index is 0.179. The van der Waals surface area contributed by atoms with E-state index in [0.717, 1.165) is 18.4 Å². The molecule has 2 N–H and O–H groups in total. The lowest BCUT2D eigenvalue weighted by Crippen LogP contribution is -2.49. The average molecular weight is 470 g/mol. The number of nitrogens with zero attached hydrogens (tertiary/aromatic N) is 4. The zero-order valence-electron chi connectivity index (χ0n) is 16.4. The fraction of sp³-hybridized carbons (Fsp3) is 0.176. The van der Waals surface area contributed by atoms with Crippen LogP contribution in [0.1, 0.15) is 0 Å². The van der Waals surface area contributed by atoms with Crippen LogP contribution in [0, 0.1) is 0 Å².